The van der Waals surface area contributed by atoms with Crippen LogP contribution < -0.4 is 0 Å². The molecular weight excluding hydrogens is 248 g/mol. The third kappa shape index (κ3) is 3.37. The number of nitrogens with zero attached hydrogens (tertiary/aromatic N) is 2. The van der Waals surface area contributed by atoms with Crippen LogP contribution in [0.1, 0.15) is 13.3 Å². The molecule has 0 N–H and O–H groups in total. The van der Waals surface area contributed by atoms with Crippen LogP contribution in [-0.4, -0.2) is 10.2 Å². The van der Waals surface area contributed by atoms with E-state index in [1.54, 1.807) is 18.0 Å². The van der Waals surface area contributed by atoms with E-state index in [9.17, 15) is 0 Å². The number of halogens is 1. The highest BCUT2D eigenvalue weighted by molar-refractivity contribution is 9.10. The number of nitriles is 1. The second-order valence-corrected chi connectivity index (χ2v) is 4.86. The van der Waals surface area contributed by atoms with E-state index in [2.05, 4.69) is 27.0 Å². The van der Waals surface area contributed by atoms with Gasteiger partial charge in [0.15, 0.2) is 0 Å². The molecule has 0 radical (unpaired) electrons. The van der Waals surface area contributed by atoms with Gasteiger partial charge in [-0.2, -0.15) is 5.26 Å². The Hall–Kier alpha value is -0.530. The fourth-order valence-corrected chi connectivity index (χ4v) is 2.20. The van der Waals surface area contributed by atoms with Crippen LogP contribution >= 0.6 is 27.7 Å². The Balaban J connectivity index is 2.64. The van der Waals surface area contributed by atoms with Crippen LogP contribution in [0.3, 0.4) is 0 Å². The molecule has 0 aliphatic heterocycles. The largest absolute Gasteiger partial charge is 0.249 e. The average Bonchev–Trinajstić information content (AvgIpc) is 2.09. The van der Waals surface area contributed by atoms with Gasteiger partial charge in [-0.25, -0.2) is 4.98 Å². The molecule has 2 nitrogen and oxygen atoms in total. The third-order valence-electron chi connectivity index (χ3n) is 1.42. The van der Waals surface area contributed by atoms with E-state index in [0.29, 0.717) is 6.42 Å². The van der Waals surface area contributed by atoms with Crippen LogP contribution in [0.25, 0.3) is 0 Å². The number of pyridine rings is 1. The summed E-state index contributed by atoms with van der Waals surface area (Å²) in [6, 6.07) is 5.97. The molecule has 1 aromatic rings. The molecule has 1 unspecified atom stereocenters. The zero-order valence-corrected chi connectivity index (χ0v) is 9.60. The number of aromatic nitrogens is 1. The number of hydrogen-bond acceptors (Lipinski definition) is 3. The van der Waals surface area contributed by atoms with Crippen LogP contribution in [0.4, 0.5) is 0 Å². The van der Waals surface area contributed by atoms with E-state index < -0.39 is 0 Å². The summed E-state index contributed by atoms with van der Waals surface area (Å²) < 4.78 is 0.991. The summed E-state index contributed by atoms with van der Waals surface area (Å²) in [6.45, 7) is 2.02. The second-order valence-electron chi connectivity index (χ2n) is 2.58. The molecule has 0 amide bonds. The van der Waals surface area contributed by atoms with Gasteiger partial charge in [0.25, 0.3) is 0 Å². The summed E-state index contributed by atoms with van der Waals surface area (Å²) in [7, 11) is 0. The predicted molar refractivity (Wildman–Crippen MR) is 57.5 cm³/mol. The number of rotatable bonds is 3. The molecule has 0 bridgehead atoms. The van der Waals surface area contributed by atoms with Gasteiger partial charge < -0.3 is 0 Å². The first-order valence-electron chi connectivity index (χ1n) is 3.88. The molecule has 0 saturated heterocycles. The topological polar surface area (TPSA) is 36.7 Å². The minimum Gasteiger partial charge on any atom is -0.249 e. The molecule has 0 fully saturated rings. The van der Waals surface area contributed by atoms with Gasteiger partial charge in [-0.1, -0.05) is 6.92 Å². The lowest BCUT2D eigenvalue weighted by Crippen LogP contribution is -1.94. The minimum absolute atomic E-state index is 0.288. The van der Waals surface area contributed by atoms with Crippen molar-refractivity contribution in [1.29, 1.82) is 5.26 Å². The summed E-state index contributed by atoms with van der Waals surface area (Å²) in [4.78, 5) is 4.21. The van der Waals surface area contributed by atoms with Crippen molar-refractivity contribution in [3.63, 3.8) is 0 Å². The molecule has 1 rings (SSSR count). The molecule has 4 heteroatoms. The molecule has 1 heterocycles. The maximum atomic E-state index is 8.49. The molecule has 0 spiro atoms. The Bertz CT molecular complexity index is 322. The average molecular weight is 257 g/mol. The molecule has 0 aliphatic carbocycles. The third-order valence-corrected chi connectivity index (χ3v) is 3.44. The van der Waals surface area contributed by atoms with Crippen molar-refractivity contribution in [3.8, 4) is 6.07 Å². The fourth-order valence-electron chi connectivity index (χ4n) is 0.819. The van der Waals surface area contributed by atoms with Crippen LogP contribution in [0.2, 0.25) is 0 Å². The summed E-state index contributed by atoms with van der Waals surface area (Å²) in [5, 5.41) is 9.73. The van der Waals surface area contributed by atoms with Crippen molar-refractivity contribution in [1.82, 2.24) is 4.98 Å². The maximum Gasteiger partial charge on any atom is 0.110 e. The molecule has 1 atom stereocenters. The maximum absolute atomic E-state index is 8.49. The van der Waals surface area contributed by atoms with Gasteiger partial charge in [0, 0.05) is 22.3 Å². The molecular formula is C9H9BrN2S. The SMILES string of the molecule is CC(CC#N)Sc1ncccc1Br. The first-order chi connectivity index (χ1) is 6.24. The lowest BCUT2D eigenvalue weighted by molar-refractivity contribution is 0.976. The van der Waals surface area contributed by atoms with Crippen LogP contribution in [0.5, 0.6) is 0 Å². The van der Waals surface area contributed by atoms with E-state index in [1.165, 1.54) is 0 Å². The Morgan fingerprint density at radius 3 is 3.15 bits per heavy atom. The molecule has 0 saturated carbocycles. The molecule has 0 aliphatic rings. The van der Waals surface area contributed by atoms with Gasteiger partial charge in [0.2, 0.25) is 0 Å². The van der Waals surface area contributed by atoms with Crippen molar-refractivity contribution >= 4 is 27.7 Å². The predicted octanol–water partition coefficient (Wildman–Crippen LogP) is 3.24. The van der Waals surface area contributed by atoms with E-state index in [-0.39, 0.29) is 5.25 Å². The van der Waals surface area contributed by atoms with E-state index in [1.807, 2.05) is 19.1 Å². The van der Waals surface area contributed by atoms with Gasteiger partial charge in [-0.05, 0) is 28.1 Å². The lowest BCUT2D eigenvalue weighted by atomic mass is 10.4. The first kappa shape index (κ1) is 10.6. The zero-order valence-electron chi connectivity index (χ0n) is 7.20. The van der Waals surface area contributed by atoms with Crippen molar-refractivity contribution in [2.24, 2.45) is 0 Å². The van der Waals surface area contributed by atoms with E-state index in [0.717, 1.165) is 9.50 Å². The smallest absolute Gasteiger partial charge is 0.110 e. The standard InChI is InChI=1S/C9H9BrN2S/c1-7(4-5-11)13-9-8(10)3-2-6-12-9/h2-3,6-7H,4H2,1H3. The Kier molecular flexibility index (Phi) is 4.26. The highest BCUT2D eigenvalue weighted by atomic mass is 79.9. The van der Waals surface area contributed by atoms with E-state index >= 15 is 0 Å². The Morgan fingerprint density at radius 2 is 2.54 bits per heavy atom. The molecule has 68 valence electrons. The minimum atomic E-state index is 0.288. The van der Waals surface area contributed by atoms with Crippen molar-refractivity contribution in [2.75, 3.05) is 0 Å². The van der Waals surface area contributed by atoms with Crippen LogP contribution in [0, 0.1) is 11.3 Å². The second kappa shape index (κ2) is 5.25. The summed E-state index contributed by atoms with van der Waals surface area (Å²) in [6.07, 6.45) is 2.31. The van der Waals surface area contributed by atoms with Crippen LogP contribution in [-0.2, 0) is 0 Å². The Labute approximate surface area is 90.5 Å². The van der Waals surface area contributed by atoms with Gasteiger partial charge in [-0.15, -0.1) is 11.8 Å². The fraction of sp³-hybridized carbons (Fsp3) is 0.333. The summed E-state index contributed by atoms with van der Waals surface area (Å²) >= 11 is 5.02. The molecule has 13 heavy (non-hydrogen) atoms. The number of hydrogen-bond donors (Lipinski definition) is 0. The molecule has 1 aromatic heterocycles. The van der Waals surface area contributed by atoms with Crippen LogP contribution in [0.15, 0.2) is 27.8 Å². The Morgan fingerprint density at radius 1 is 1.77 bits per heavy atom. The monoisotopic (exact) mass is 256 g/mol. The van der Waals surface area contributed by atoms with Crippen molar-refractivity contribution in [3.05, 3.63) is 22.8 Å². The summed E-state index contributed by atoms with van der Waals surface area (Å²) in [5.74, 6) is 0. The van der Waals surface area contributed by atoms with Gasteiger partial charge in [-0.3, -0.25) is 0 Å². The quantitative estimate of drug-likeness (QED) is 0.780. The van der Waals surface area contributed by atoms with E-state index in [4.69, 9.17) is 5.26 Å². The first-order valence-corrected chi connectivity index (χ1v) is 5.55. The normalized spacial score (nSPS) is 12.1. The number of thioether (sulfide) groups is 1. The van der Waals surface area contributed by atoms with Gasteiger partial charge in [0.05, 0.1) is 6.07 Å². The highest BCUT2D eigenvalue weighted by Gasteiger charge is 2.07. The van der Waals surface area contributed by atoms with Crippen molar-refractivity contribution < 1.29 is 0 Å². The van der Waals surface area contributed by atoms with Crippen molar-refractivity contribution in [2.45, 2.75) is 23.6 Å². The van der Waals surface area contributed by atoms with Gasteiger partial charge >= 0.3 is 0 Å². The highest BCUT2D eigenvalue weighted by Crippen LogP contribution is 2.29. The lowest BCUT2D eigenvalue weighted by Gasteiger charge is -2.06. The zero-order chi connectivity index (χ0) is 9.68. The van der Waals surface area contributed by atoms with Gasteiger partial charge in [0.1, 0.15) is 5.03 Å². The summed E-state index contributed by atoms with van der Waals surface area (Å²) in [5.41, 5.74) is 0. The molecule has 0 aromatic carbocycles.